The van der Waals surface area contributed by atoms with Crippen molar-refractivity contribution in [2.24, 2.45) is 0 Å². The predicted octanol–water partition coefficient (Wildman–Crippen LogP) is 1.15. The second-order valence-corrected chi connectivity index (χ2v) is 4.33. The third-order valence-corrected chi connectivity index (χ3v) is 2.89. The van der Waals surface area contributed by atoms with E-state index in [2.05, 4.69) is 11.8 Å². The topological polar surface area (TPSA) is 44.0 Å². The van der Waals surface area contributed by atoms with E-state index >= 15 is 0 Å². The van der Waals surface area contributed by atoms with Crippen molar-refractivity contribution in [2.45, 2.75) is 45.7 Å². The fourth-order valence-corrected chi connectivity index (χ4v) is 1.88. The van der Waals surface area contributed by atoms with Crippen LogP contribution in [0.15, 0.2) is 15.7 Å². The van der Waals surface area contributed by atoms with Crippen molar-refractivity contribution in [1.29, 1.82) is 0 Å². The number of hydrogen-bond acceptors (Lipinski definition) is 2. The number of hydrogen-bond donors (Lipinski definition) is 0. The van der Waals surface area contributed by atoms with E-state index in [-0.39, 0.29) is 11.2 Å². The van der Waals surface area contributed by atoms with Crippen LogP contribution < -0.4 is 11.2 Å². The molecule has 0 spiro atoms. The van der Waals surface area contributed by atoms with Crippen molar-refractivity contribution in [3.05, 3.63) is 32.6 Å². The highest BCUT2D eigenvalue weighted by Gasteiger charge is 2.08. The van der Waals surface area contributed by atoms with Crippen LogP contribution in [0.25, 0.3) is 0 Å². The van der Waals surface area contributed by atoms with Crippen molar-refractivity contribution in [3.8, 4) is 24.7 Å². The Morgan fingerprint density at radius 3 is 2.11 bits per heavy atom. The molecule has 4 nitrogen and oxygen atoms in total. The van der Waals surface area contributed by atoms with Gasteiger partial charge in [0.05, 0.1) is 0 Å². The largest absolute Gasteiger partial charge is 0.331 e. The van der Waals surface area contributed by atoms with E-state index < -0.39 is 0 Å². The summed E-state index contributed by atoms with van der Waals surface area (Å²) < 4.78 is 2.83. The van der Waals surface area contributed by atoms with Crippen molar-refractivity contribution >= 4 is 0 Å². The normalized spacial score (nSPS) is 9.84. The van der Waals surface area contributed by atoms with E-state index in [1.54, 1.807) is 11.5 Å². The minimum atomic E-state index is -0.279. The van der Waals surface area contributed by atoms with Crippen LogP contribution >= 0.6 is 0 Å². The van der Waals surface area contributed by atoms with Crippen molar-refractivity contribution in [1.82, 2.24) is 9.13 Å². The zero-order valence-electron chi connectivity index (χ0n) is 11.2. The molecule has 0 aliphatic carbocycles. The predicted molar refractivity (Wildman–Crippen MR) is 75.8 cm³/mol. The molecule has 1 aromatic heterocycles. The van der Waals surface area contributed by atoms with Crippen LogP contribution in [0.3, 0.4) is 0 Å². The van der Waals surface area contributed by atoms with Crippen LogP contribution in [0.1, 0.15) is 31.4 Å². The van der Waals surface area contributed by atoms with Crippen LogP contribution in [-0.4, -0.2) is 9.13 Å². The Labute approximate surface area is 113 Å². The summed E-state index contributed by atoms with van der Waals surface area (Å²) in [5, 5.41) is 0. The Balaban J connectivity index is 3.02. The summed E-state index contributed by atoms with van der Waals surface area (Å²) in [5.41, 5.74) is 0.118. The van der Waals surface area contributed by atoms with Crippen LogP contribution in [0.5, 0.6) is 0 Å². The summed E-state index contributed by atoms with van der Waals surface area (Å²) in [6.07, 6.45) is 12.9. The first-order chi connectivity index (χ1) is 9.11. The minimum absolute atomic E-state index is 0.271. The first-order valence-electron chi connectivity index (χ1n) is 6.30. The molecule has 0 aliphatic rings. The molecule has 0 saturated carbocycles. The third kappa shape index (κ3) is 3.89. The summed E-state index contributed by atoms with van der Waals surface area (Å²) in [4.78, 5) is 24.0. The molecule has 0 N–H and O–H groups in total. The minimum Gasteiger partial charge on any atom is -0.298 e. The van der Waals surface area contributed by atoms with Gasteiger partial charge in [0.2, 0.25) is 0 Å². The Morgan fingerprint density at radius 1 is 1.05 bits per heavy atom. The van der Waals surface area contributed by atoms with Gasteiger partial charge < -0.3 is 0 Å². The van der Waals surface area contributed by atoms with Gasteiger partial charge in [-0.3, -0.25) is 13.9 Å². The second kappa shape index (κ2) is 7.28. The molecule has 0 aliphatic heterocycles. The van der Waals surface area contributed by atoms with Crippen LogP contribution in [0.2, 0.25) is 0 Å². The summed E-state index contributed by atoms with van der Waals surface area (Å²) in [7, 11) is 0. The molecule has 0 unspecified atom stereocenters. The van der Waals surface area contributed by atoms with E-state index in [4.69, 9.17) is 12.8 Å². The first kappa shape index (κ1) is 14.9. The smallest absolute Gasteiger partial charge is 0.298 e. The molecule has 0 saturated heterocycles. The maximum absolute atomic E-state index is 12.2. The fourth-order valence-electron chi connectivity index (χ4n) is 1.88. The van der Waals surface area contributed by atoms with Gasteiger partial charge in [0.15, 0.2) is 0 Å². The zero-order valence-corrected chi connectivity index (χ0v) is 11.2. The lowest BCUT2D eigenvalue weighted by atomic mass is 10.3. The zero-order chi connectivity index (χ0) is 14.3. The van der Waals surface area contributed by atoms with E-state index in [1.165, 1.54) is 10.6 Å². The van der Waals surface area contributed by atoms with Gasteiger partial charge in [0.25, 0.3) is 5.56 Å². The van der Waals surface area contributed by atoms with Gasteiger partial charge in [-0.2, -0.15) is 0 Å². The Bertz CT molecular complexity index is 624. The number of aryl methyl sites for hydroxylation is 1. The average Bonchev–Trinajstić information content (AvgIpc) is 2.37. The van der Waals surface area contributed by atoms with E-state index in [0.29, 0.717) is 38.0 Å². The van der Waals surface area contributed by atoms with Crippen molar-refractivity contribution in [3.63, 3.8) is 0 Å². The second-order valence-electron chi connectivity index (χ2n) is 4.33. The fraction of sp³-hybridized carbons (Fsp3) is 0.467. The molecular formula is C15H18N2O2. The molecular weight excluding hydrogens is 240 g/mol. The lowest BCUT2D eigenvalue weighted by molar-refractivity contribution is 0.518. The molecule has 0 aromatic carbocycles. The molecule has 1 rings (SSSR count). The SMILES string of the molecule is C#CCCCn1c(C)cc(=O)n(CCCC#C)c1=O. The van der Waals surface area contributed by atoms with Gasteiger partial charge in [-0.1, -0.05) is 0 Å². The van der Waals surface area contributed by atoms with Crippen LogP contribution in [-0.2, 0) is 13.1 Å². The van der Waals surface area contributed by atoms with Crippen LogP contribution in [0, 0.1) is 31.6 Å². The molecule has 0 fully saturated rings. The lowest BCUT2D eigenvalue weighted by Gasteiger charge is -2.12. The number of aromatic nitrogens is 2. The quantitative estimate of drug-likeness (QED) is 0.567. The highest BCUT2D eigenvalue weighted by atomic mass is 16.2. The van der Waals surface area contributed by atoms with E-state index in [1.807, 2.05) is 0 Å². The van der Waals surface area contributed by atoms with E-state index in [0.717, 1.165) is 6.42 Å². The van der Waals surface area contributed by atoms with Gasteiger partial charge >= 0.3 is 5.69 Å². The highest BCUT2D eigenvalue weighted by molar-refractivity contribution is 5.00. The molecule has 1 aromatic rings. The average molecular weight is 258 g/mol. The molecule has 100 valence electrons. The molecule has 0 atom stereocenters. The molecule has 0 amide bonds. The summed E-state index contributed by atoms with van der Waals surface area (Å²) in [6, 6.07) is 1.48. The summed E-state index contributed by atoms with van der Waals surface area (Å²) in [6.45, 7) is 2.64. The number of nitrogens with zero attached hydrogens (tertiary/aromatic N) is 2. The molecule has 4 heteroatoms. The van der Waals surface area contributed by atoms with Crippen LogP contribution in [0.4, 0.5) is 0 Å². The molecule has 0 radical (unpaired) electrons. The Hall–Kier alpha value is -2.20. The number of rotatable bonds is 6. The van der Waals surface area contributed by atoms with Crippen molar-refractivity contribution < 1.29 is 0 Å². The number of terminal acetylenes is 2. The summed E-state index contributed by atoms with van der Waals surface area (Å²) >= 11 is 0. The Kier molecular flexibility index (Phi) is 5.70. The maximum Gasteiger partial charge on any atom is 0.331 e. The summed E-state index contributed by atoms with van der Waals surface area (Å²) in [5.74, 6) is 5.04. The standard InChI is InChI=1S/C15H18N2O2/c1-4-6-8-10-16-13(3)12-14(18)17(15(16)19)11-9-7-5-2/h1-2,12H,6-11H2,3H3. The maximum atomic E-state index is 12.2. The highest BCUT2D eigenvalue weighted by Crippen LogP contribution is 1.97. The molecule has 0 bridgehead atoms. The van der Waals surface area contributed by atoms with E-state index in [9.17, 15) is 9.59 Å². The van der Waals surface area contributed by atoms with Gasteiger partial charge in [0.1, 0.15) is 0 Å². The number of unbranched alkanes of at least 4 members (excludes halogenated alkanes) is 2. The van der Waals surface area contributed by atoms with Gasteiger partial charge in [-0.25, -0.2) is 4.79 Å². The Morgan fingerprint density at radius 2 is 1.58 bits per heavy atom. The van der Waals surface area contributed by atoms with Crippen molar-refractivity contribution in [2.75, 3.05) is 0 Å². The van der Waals surface area contributed by atoms with Gasteiger partial charge in [-0.05, 0) is 19.8 Å². The van der Waals surface area contributed by atoms with Gasteiger partial charge in [0, 0.05) is 37.7 Å². The molecule has 19 heavy (non-hydrogen) atoms. The third-order valence-electron chi connectivity index (χ3n) is 2.89. The first-order valence-corrected chi connectivity index (χ1v) is 6.30. The molecule has 1 heterocycles. The monoisotopic (exact) mass is 258 g/mol. The lowest BCUT2D eigenvalue weighted by Crippen LogP contribution is -2.40. The van der Waals surface area contributed by atoms with Gasteiger partial charge in [-0.15, -0.1) is 24.7 Å².